The Bertz CT molecular complexity index is 629. The summed E-state index contributed by atoms with van der Waals surface area (Å²) >= 11 is 0. The number of nitrogens with zero attached hydrogens (tertiary/aromatic N) is 1. The monoisotopic (exact) mass is 305 g/mol. The van der Waals surface area contributed by atoms with Crippen LogP contribution in [0.2, 0.25) is 0 Å². The first-order valence-corrected chi connectivity index (χ1v) is 7.21. The molecule has 2 aliphatic rings. The molecule has 3 rings (SSSR count). The van der Waals surface area contributed by atoms with Gasteiger partial charge in [0.05, 0.1) is 23.7 Å². The second-order valence-electron chi connectivity index (χ2n) is 6.47. The molecular formula is C16H19NO5. The van der Waals surface area contributed by atoms with Crippen molar-refractivity contribution in [1.29, 1.82) is 0 Å². The number of nitro benzene ring substituents is 1. The first-order chi connectivity index (χ1) is 10.3. The third-order valence-corrected chi connectivity index (χ3v) is 4.02. The van der Waals surface area contributed by atoms with E-state index in [1.807, 2.05) is 32.9 Å². The molecule has 0 bridgehead atoms. The number of fused-ring (bicyclic) bond motifs is 1. The molecule has 1 unspecified atom stereocenters. The van der Waals surface area contributed by atoms with E-state index >= 15 is 0 Å². The first kappa shape index (κ1) is 15.0. The average Bonchev–Trinajstić information content (AvgIpc) is 2.46. The maximum Gasteiger partial charge on any atom is 0.270 e. The lowest BCUT2D eigenvalue weighted by Crippen LogP contribution is -2.54. The van der Waals surface area contributed by atoms with Gasteiger partial charge in [-0.1, -0.05) is 6.08 Å². The normalized spacial score (nSPS) is 29.5. The van der Waals surface area contributed by atoms with E-state index in [-0.39, 0.29) is 17.4 Å². The molecule has 1 aromatic carbocycles. The number of ether oxygens (including phenoxy) is 3. The summed E-state index contributed by atoms with van der Waals surface area (Å²) in [6, 6.07) is 4.58. The van der Waals surface area contributed by atoms with Gasteiger partial charge in [0.2, 0.25) is 0 Å². The zero-order valence-electron chi connectivity index (χ0n) is 12.9. The Balaban J connectivity index is 1.81. The summed E-state index contributed by atoms with van der Waals surface area (Å²) in [6.45, 7) is 6.84. The Morgan fingerprint density at radius 1 is 1.32 bits per heavy atom. The molecule has 0 spiro atoms. The van der Waals surface area contributed by atoms with Crippen molar-refractivity contribution in [3.05, 3.63) is 40.0 Å². The smallest absolute Gasteiger partial charge is 0.270 e. The van der Waals surface area contributed by atoms with Crippen LogP contribution in [0.1, 0.15) is 26.3 Å². The molecular weight excluding hydrogens is 286 g/mol. The number of benzene rings is 1. The maximum absolute atomic E-state index is 10.8. The molecule has 0 aromatic heterocycles. The van der Waals surface area contributed by atoms with Gasteiger partial charge in [-0.05, 0) is 32.9 Å². The van der Waals surface area contributed by atoms with E-state index in [2.05, 4.69) is 0 Å². The summed E-state index contributed by atoms with van der Waals surface area (Å²) in [7, 11) is 0. The molecule has 0 radical (unpaired) electrons. The highest BCUT2D eigenvalue weighted by atomic mass is 16.6. The second kappa shape index (κ2) is 5.07. The number of nitro groups is 1. The zero-order valence-corrected chi connectivity index (χ0v) is 12.9. The SMILES string of the molecule is CC1(C)COC([C@]2(C)C=Cc3cc([N+](=O)[O-])ccc3O2)CO1. The predicted octanol–water partition coefficient (Wildman–Crippen LogP) is 2.95. The van der Waals surface area contributed by atoms with Gasteiger partial charge in [-0.25, -0.2) is 0 Å². The van der Waals surface area contributed by atoms with Gasteiger partial charge >= 0.3 is 0 Å². The lowest BCUT2D eigenvalue weighted by atomic mass is 9.93. The van der Waals surface area contributed by atoms with Crippen molar-refractivity contribution < 1.29 is 19.1 Å². The van der Waals surface area contributed by atoms with Crippen LogP contribution in [0.3, 0.4) is 0 Å². The van der Waals surface area contributed by atoms with E-state index in [1.165, 1.54) is 12.1 Å². The average molecular weight is 305 g/mol. The summed E-state index contributed by atoms with van der Waals surface area (Å²) in [5, 5.41) is 10.8. The summed E-state index contributed by atoms with van der Waals surface area (Å²) < 4.78 is 17.8. The fourth-order valence-electron chi connectivity index (χ4n) is 2.60. The standard InChI is InChI=1S/C16H19NO5/c1-15(2)10-20-14(9-21-15)16(3)7-6-11-8-12(17(18)19)4-5-13(11)22-16/h4-8,14H,9-10H2,1-3H3/t14?,16-/m0/s1. The fraction of sp³-hybridized carbons (Fsp3) is 0.500. The minimum atomic E-state index is -0.653. The molecule has 22 heavy (non-hydrogen) atoms. The lowest BCUT2D eigenvalue weighted by molar-refractivity contribution is -0.384. The highest BCUT2D eigenvalue weighted by Gasteiger charge is 2.42. The molecule has 0 aliphatic carbocycles. The van der Waals surface area contributed by atoms with Gasteiger partial charge in [0.15, 0.2) is 5.60 Å². The third-order valence-electron chi connectivity index (χ3n) is 4.02. The maximum atomic E-state index is 10.8. The van der Waals surface area contributed by atoms with Gasteiger partial charge in [0.1, 0.15) is 11.9 Å². The quantitative estimate of drug-likeness (QED) is 0.620. The number of hydrogen-bond donors (Lipinski definition) is 0. The van der Waals surface area contributed by atoms with Crippen LogP contribution < -0.4 is 4.74 Å². The summed E-state index contributed by atoms with van der Waals surface area (Å²) in [5.41, 5.74) is -0.193. The molecule has 0 amide bonds. The summed E-state index contributed by atoms with van der Waals surface area (Å²) in [5.74, 6) is 0.615. The largest absolute Gasteiger partial charge is 0.480 e. The molecule has 1 aromatic rings. The molecule has 6 nitrogen and oxygen atoms in total. The number of hydrogen-bond acceptors (Lipinski definition) is 5. The molecule has 0 saturated carbocycles. The van der Waals surface area contributed by atoms with Crippen LogP contribution in [0.5, 0.6) is 5.75 Å². The highest BCUT2D eigenvalue weighted by Crippen LogP contribution is 2.37. The summed E-state index contributed by atoms with van der Waals surface area (Å²) in [6.07, 6.45) is 3.50. The van der Waals surface area contributed by atoms with Crippen molar-refractivity contribution >= 4 is 11.8 Å². The van der Waals surface area contributed by atoms with Crippen LogP contribution in [-0.2, 0) is 9.47 Å². The van der Waals surface area contributed by atoms with E-state index in [0.29, 0.717) is 24.5 Å². The first-order valence-electron chi connectivity index (χ1n) is 7.21. The predicted molar refractivity (Wildman–Crippen MR) is 80.9 cm³/mol. The zero-order chi connectivity index (χ0) is 16.0. The van der Waals surface area contributed by atoms with Crippen molar-refractivity contribution in [2.45, 2.75) is 38.1 Å². The lowest BCUT2D eigenvalue weighted by Gasteiger charge is -2.43. The van der Waals surface area contributed by atoms with E-state index in [4.69, 9.17) is 14.2 Å². The van der Waals surface area contributed by atoms with Gasteiger partial charge in [0, 0.05) is 17.7 Å². The molecule has 1 saturated heterocycles. The Kier molecular flexibility index (Phi) is 3.45. The highest BCUT2D eigenvalue weighted by molar-refractivity contribution is 5.64. The van der Waals surface area contributed by atoms with Crippen LogP contribution in [0.4, 0.5) is 5.69 Å². The number of rotatable bonds is 2. The Morgan fingerprint density at radius 3 is 2.73 bits per heavy atom. The van der Waals surface area contributed by atoms with E-state index in [1.54, 1.807) is 6.07 Å². The van der Waals surface area contributed by atoms with Crippen LogP contribution in [-0.4, -0.2) is 35.4 Å². The van der Waals surface area contributed by atoms with Gasteiger partial charge in [-0.15, -0.1) is 0 Å². The molecule has 118 valence electrons. The fourth-order valence-corrected chi connectivity index (χ4v) is 2.60. The molecule has 0 N–H and O–H groups in total. The van der Waals surface area contributed by atoms with Gasteiger partial charge < -0.3 is 14.2 Å². The van der Waals surface area contributed by atoms with Gasteiger partial charge in [0.25, 0.3) is 5.69 Å². The topological polar surface area (TPSA) is 70.8 Å². The van der Waals surface area contributed by atoms with Crippen LogP contribution in [0, 0.1) is 10.1 Å². The molecule has 1 fully saturated rings. The van der Waals surface area contributed by atoms with Crippen LogP contribution in [0.25, 0.3) is 6.08 Å². The van der Waals surface area contributed by atoms with Gasteiger partial charge in [-0.2, -0.15) is 0 Å². The molecule has 2 atom stereocenters. The van der Waals surface area contributed by atoms with E-state index < -0.39 is 10.5 Å². The Hall–Kier alpha value is -1.92. The summed E-state index contributed by atoms with van der Waals surface area (Å²) in [4.78, 5) is 10.4. The Labute approximate surface area is 128 Å². The minimum Gasteiger partial charge on any atom is -0.480 e. The Morgan fingerprint density at radius 2 is 2.09 bits per heavy atom. The van der Waals surface area contributed by atoms with E-state index in [0.717, 1.165) is 0 Å². The van der Waals surface area contributed by atoms with Crippen molar-refractivity contribution in [2.75, 3.05) is 13.2 Å². The molecule has 2 heterocycles. The van der Waals surface area contributed by atoms with Gasteiger partial charge in [-0.3, -0.25) is 10.1 Å². The van der Waals surface area contributed by atoms with Crippen molar-refractivity contribution in [3.8, 4) is 5.75 Å². The van der Waals surface area contributed by atoms with Crippen LogP contribution in [0.15, 0.2) is 24.3 Å². The van der Waals surface area contributed by atoms with Crippen molar-refractivity contribution in [3.63, 3.8) is 0 Å². The van der Waals surface area contributed by atoms with Crippen molar-refractivity contribution in [1.82, 2.24) is 0 Å². The minimum absolute atomic E-state index is 0.0506. The second-order valence-corrected chi connectivity index (χ2v) is 6.47. The van der Waals surface area contributed by atoms with Crippen LogP contribution >= 0.6 is 0 Å². The molecule has 2 aliphatic heterocycles. The number of non-ortho nitro benzene ring substituents is 1. The van der Waals surface area contributed by atoms with E-state index in [9.17, 15) is 10.1 Å². The van der Waals surface area contributed by atoms with Crippen molar-refractivity contribution in [2.24, 2.45) is 0 Å². The molecule has 6 heteroatoms. The third kappa shape index (κ3) is 2.71.